The van der Waals surface area contributed by atoms with E-state index < -0.39 is 12.1 Å². The molecule has 0 aromatic heterocycles. The number of carboxylic acids is 1. The van der Waals surface area contributed by atoms with Crippen molar-refractivity contribution in [2.24, 2.45) is 5.92 Å². The van der Waals surface area contributed by atoms with E-state index in [0.717, 1.165) is 30.4 Å². The molecule has 27 heavy (non-hydrogen) atoms. The lowest BCUT2D eigenvalue weighted by molar-refractivity contribution is -0.138. The van der Waals surface area contributed by atoms with Crippen LogP contribution in [0.25, 0.3) is 11.1 Å². The van der Waals surface area contributed by atoms with Crippen molar-refractivity contribution in [3.63, 3.8) is 0 Å². The van der Waals surface area contributed by atoms with Crippen LogP contribution in [0.3, 0.4) is 0 Å². The maximum absolute atomic E-state index is 12.6. The summed E-state index contributed by atoms with van der Waals surface area (Å²) in [6.07, 6.45) is 2.71. The molecular weight excluding hydrogens is 342 g/mol. The van der Waals surface area contributed by atoms with Crippen molar-refractivity contribution in [1.82, 2.24) is 4.90 Å². The van der Waals surface area contributed by atoms with Crippen molar-refractivity contribution in [2.75, 3.05) is 19.7 Å². The standard InChI is InChI=1S/C22H23NO4/c24-21(25)13-23(12-15-6-5-7-15)22(26)27-14-20-18-10-3-1-8-16(18)17-9-2-4-11-19(17)20/h1-4,8-11,15,20H,5-7,12-14H2,(H,24,25). The van der Waals surface area contributed by atoms with Crippen LogP contribution >= 0.6 is 0 Å². The molecule has 5 nitrogen and oxygen atoms in total. The van der Waals surface area contributed by atoms with Crippen molar-refractivity contribution < 1.29 is 19.4 Å². The average molecular weight is 365 g/mol. The summed E-state index contributed by atoms with van der Waals surface area (Å²) in [5.41, 5.74) is 4.64. The first-order valence-corrected chi connectivity index (χ1v) is 9.45. The van der Waals surface area contributed by atoms with Gasteiger partial charge < -0.3 is 9.84 Å². The summed E-state index contributed by atoms with van der Waals surface area (Å²) in [4.78, 5) is 25.0. The van der Waals surface area contributed by atoms with Crippen molar-refractivity contribution in [3.05, 3.63) is 59.7 Å². The van der Waals surface area contributed by atoms with Crippen molar-refractivity contribution in [1.29, 1.82) is 0 Å². The SMILES string of the molecule is O=C(O)CN(CC1CCC1)C(=O)OCC1c2ccccc2-c2ccccc21. The largest absolute Gasteiger partial charge is 0.480 e. The Morgan fingerprint density at radius 3 is 2.11 bits per heavy atom. The van der Waals surface area contributed by atoms with Crippen LogP contribution in [0.2, 0.25) is 0 Å². The molecule has 1 N–H and O–H groups in total. The maximum Gasteiger partial charge on any atom is 0.410 e. The van der Waals surface area contributed by atoms with Gasteiger partial charge in [0.05, 0.1) is 0 Å². The minimum absolute atomic E-state index is 0.0169. The zero-order valence-corrected chi connectivity index (χ0v) is 15.1. The third kappa shape index (κ3) is 3.54. The molecule has 0 spiro atoms. The highest BCUT2D eigenvalue weighted by Gasteiger charge is 2.31. The molecule has 0 atom stereocenters. The summed E-state index contributed by atoms with van der Waals surface area (Å²) in [6.45, 7) is 0.365. The highest BCUT2D eigenvalue weighted by Crippen LogP contribution is 2.44. The van der Waals surface area contributed by atoms with Crippen LogP contribution in [0.1, 0.15) is 36.3 Å². The van der Waals surface area contributed by atoms with Crippen LogP contribution in [0.5, 0.6) is 0 Å². The summed E-state index contributed by atoms with van der Waals surface area (Å²) in [7, 11) is 0. The van der Waals surface area contributed by atoms with Crippen molar-refractivity contribution in [3.8, 4) is 11.1 Å². The molecule has 1 saturated carbocycles. The van der Waals surface area contributed by atoms with E-state index in [-0.39, 0.29) is 19.1 Å². The topological polar surface area (TPSA) is 66.8 Å². The van der Waals surface area contributed by atoms with Gasteiger partial charge in [0.25, 0.3) is 0 Å². The average Bonchev–Trinajstić information content (AvgIpc) is 2.95. The van der Waals surface area contributed by atoms with Crippen LogP contribution in [0.15, 0.2) is 48.5 Å². The number of aliphatic carboxylic acids is 1. The Hall–Kier alpha value is -2.82. The number of carboxylic acid groups (broad SMARTS) is 1. The predicted octanol–water partition coefficient (Wildman–Crippen LogP) is 4.12. The van der Waals surface area contributed by atoms with E-state index in [2.05, 4.69) is 24.3 Å². The number of hydrogen-bond donors (Lipinski definition) is 1. The molecule has 0 unspecified atom stereocenters. The van der Waals surface area contributed by atoms with Crippen LogP contribution in [-0.4, -0.2) is 41.8 Å². The summed E-state index contributed by atoms with van der Waals surface area (Å²) >= 11 is 0. The van der Waals surface area contributed by atoms with E-state index in [1.165, 1.54) is 16.0 Å². The Bertz CT molecular complexity index is 813. The van der Waals surface area contributed by atoms with Gasteiger partial charge in [-0.05, 0) is 41.0 Å². The fraction of sp³-hybridized carbons (Fsp3) is 0.364. The van der Waals surface area contributed by atoms with E-state index in [4.69, 9.17) is 9.84 Å². The van der Waals surface area contributed by atoms with Gasteiger partial charge in [0.1, 0.15) is 13.2 Å². The van der Waals surface area contributed by atoms with E-state index in [9.17, 15) is 9.59 Å². The second-order valence-corrected chi connectivity index (χ2v) is 7.38. The fourth-order valence-corrected chi connectivity index (χ4v) is 4.04. The number of benzene rings is 2. The molecule has 2 aliphatic carbocycles. The highest BCUT2D eigenvalue weighted by molar-refractivity contribution is 5.79. The first-order valence-electron chi connectivity index (χ1n) is 9.45. The molecule has 0 saturated heterocycles. The zero-order chi connectivity index (χ0) is 18.8. The predicted molar refractivity (Wildman–Crippen MR) is 102 cm³/mol. The first-order chi connectivity index (χ1) is 13.1. The Labute approximate surface area is 158 Å². The third-order valence-corrected chi connectivity index (χ3v) is 5.62. The van der Waals surface area contributed by atoms with Gasteiger partial charge in [0.15, 0.2) is 0 Å². The maximum atomic E-state index is 12.6. The normalized spacial score (nSPS) is 15.6. The quantitative estimate of drug-likeness (QED) is 0.836. The summed E-state index contributed by atoms with van der Waals surface area (Å²) < 4.78 is 5.60. The number of nitrogens with zero attached hydrogens (tertiary/aromatic N) is 1. The van der Waals surface area contributed by atoms with Gasteiger partial charge in [-0.25, -0.2) is 4.79 Å². The van der Waals surface area contributed by atoms with Gasteiger partial charge in [-0.3, -0.25) is 9.69 Å². The second-order valence-electron chi connectivity index (χ2n) is 7.38. The molecule has 0 radical (unpaired) electrons. The number of hydrogen-bond acceptors (Lipinski definition) is 3. The molecule has 5 heteroatoms. The molecule has 0 bridgehead atoms. The molecule has 2 aromatic carbocycles. The minimum atomic E-state index is -1.01. The Balaban J connectivity index is 1.48. The first kappa shape index (κ1) is 17.6. The number of fused-ring (bicyclic) bond motifs is 3. The lowest BCUT2D eigenvalue weighted by Gasteiger charge is -2.31. The molecule has 2 aromatic rings. The van der Waals surface area contributed by atoms with Gasteiger partial charge in [-0.1, -0.05) is 55.0 Å². The summed E-state index contributed by atoms with van der Waals surface area (Å²) in [5.74, 6) is -0.635. The van der Waals surface area contributed by atoms with Gasteiger partial charge in [-0.15, -0.1) is 0 Å². The molecule has 1 fully saturated rings. The zero-order valence-electron chi connectivity index (χ0n) is 15.1. The molecule has 2 aliphatic rings. The van der Waals surface area contributed by atoms with Crippen LogP contribution < -0.4 is 0 Å². The molecular formula is C22H23NO4. The number of carbonyl (C=O) groups excluding carboxylic acids is 1. The minimum Gasteiger partial charge on any atom is -0.480 e. The van der Waals surface area contributed by atoms with Crippen molar-refractivity contribution >= 4 is 12.1 Å². The number of carbonyl (C=O) groups is 2. The lowest BCUT2D eigenvalue weighted by Crippen LogP contribution is -2.41. The molecule has 0 heterocycles. The molecule has 0 aliphatic heterocycles. The Morgan fingerprint density at radius 1 is 1.00 bits per heavy atom. The van der Waals surface area contributed by atoms with Crippen LogP contribution in [0, 0.1) is 5.92 Å². The molecule has 140 valence electrons. The summed E-state index contributed by atoms with van der Waals surface area (Å²) in [5, 5.41) is 9.13. The molecule has 1 amide bonds. The third-order valence-electron chi connectivity index (χ3n) is 5.62. The number of amides is 1. The van der Waals surface area contributed by atoms with Gasteiger partial charge in [0, 0.05) is 12.5 Å². The molecule has 4 rings (SSSR count). The van der Waals surface area contributed by atoms with Crippen LogP contribution in [-0.2, 0) is 9.53 Å². The van der Waals surface area contributed by atoms with E-state index in [1.54, 1.807) is 0 Å². The number of rotatable bonds is 6. The lowest BCUT2D eigenvalue weighted by atomic mass is 9.85. The Morgan fingerprint density at radius 2 is 1.59 bits per heavy atom. The monoisotopic (exact) mass is 365 g/mol. The van der Waals surface area contributed by atoms with Crippen molar-refractivity contribution in [2.45, 2.75) is 25.2 Å². The van der Waals surface area contributed by atoms with Gasteiger partial charge in [-0.2, -0.15) is 0 Å². The number of ether oxygens (including phenoxy) is 1. The van der Waals surface area contributed by atoms with E-state index in [0.29, 0.717) is 12.5 Å². The Kier molecular flexibility index (Phi) is 4.84. The van der Waals surface area contributed by atoms with Gasteiger partial charge >= 0.3 is 12.1 Å². The fourth-order valence-electron chi connectivity index (χ4n) is 4.04. The summed E-state index contributed by atoms with van der Waals surface area (Å²) in [6, 6.07) is 16.3. The smallest absolute Gasteiger partial charge is 0.410 e. The van der Waals surface area contributed by atoms with Gasteiger partial charge in [0.2, 0.25) is 0 Å². The van der Waals surface area contributed by atoms with E-state index in [1.807, 2.05) is 24.3 Å². The van der Waals surface area contributed by atoms with Crippen LogP contribution in [0.4, 0.5) is 4.79 Å². The highest BCUT2D eigenvalue weighted by atomic mass is 16.6. The van der Waals surface area contributed by atoms with E-state index >= 15 is 0 Å². The second kappa shape index (κ2) is 7.43.